The molecule has 0 saturated carbocycles. The minimum atomic E-state index is -3.70. The molecule has 1 aliphatic heterocycles. The molecule has 1 amide bonds. The van der Waals surface area contributed by atoms with Crippen LogP contribution in [0, 0.1) is 5.92 Å². The summed E-state index contributed by atoms with van der Waals surface area (Å²) in [6, 6.07) is 5.91. The lowest BCUT2D eigenvalue weighted by molar-refractivity contribution is -0.121. The highest BCUT2D eigenvalue weighted by Crippen LogP contribution is 2.17. The molecule has 0 unspecified atom stereocenters. The zero-order valence-electron chi connectivity index (χ0n) is 15.4. The summed E-state index contributed by atoms with van der Waals surface area (Å²) in [6.07, 6.45) is 3.40. The van der Waals surface area contributed by atoms with Crippen molar-refractivity contribution in [1.29, 1.82) is 0 Å². The van der Waals surface area contributed by atoms with Gasteiger partial charge >= 0.3 is 0 Å². The predicted octanol–water partition coefficient (Wildman–Crippen LogP) is 2.20. The van der Waals surface area contributed by atoms with Gasteiger partial charge in [-0.3, -0.25) is 4.79 Å². The van der Waals surface area contributed by atoms with Crippen LogP contribution in [0.4, 0.5) is 0 Å². The van der Waals surface area contributed by atoms with Crippen molar-refractivity contribution < 1.29 is 13.2 Å². The number of likely N-dealkylation sites (tertiary alicyclic amines) is 1. The van der Waals surface area contributed by atoms with Crippen molar-refractivity contribution in [3.8, 4) is 0 Å². The molecule has 0 radical (unpaired) electrons. The number of benzene rings is 1. The van der Waals surface area contributed by atoms with E-state index < -0.39 is 10.0 Å². The molecule has 1 aromatic rings. The van der Waals surface area contributed by atoms with E-state index in [2.05, 4.69) is 17.1 Å². The van der Waals surface area contributed by atoms with Gasteiger partial charge in [0, 0.05) is 25.2 Å². The minimum Gasteiger partial charge on any atom is -0.355 e. The van der Waals surface area contributed by atoms with E-state index in [4.69, 9.17) is 11.6 Å². The molecule has 6 nitrogen and oxygen atoms in total. The van der Waals surface area contributed by atoms with Crippen molar-refractivity contribution in [2.45, 2.75) is 31.1 Å². The Bertz CT molecular complexity index is 694. The maximum Gasteiger partial charge on any atom is 0.243 e. The Labute approximate surface area is 161 Å². The first-order valence-electron chi connectivity index (χ1n) is 9.00. The van der Waals surface area contributed by atoms with Crippen molar-refractivity contribution in [3.63, 3.8) is 0 Å². The van der Waals surface area contributed by atoms with Gasteiger partial charge in [0.05, 0.1) is 11.4 Å². The highest BCUT2D eigenvalue weighted by molar-refractivity contribution is 7.89. The Hall–Kier alpha value is -1.15. The second kappa shape index (κ2) is 9.69. The number of carbonyl (C=O) groups is 1. The molecule has 1 saturated heterocycles. The Kier molecular flexibility index (Phi) is 7.88. The number of carbonyl (C=O) groups excluding carboxylic acids is 1. The Morgan fingerprint density at radius 2 is 2.04 bits per heavy atom. The molecule has 146 valence electrons. The summed E-state index contributed by atoms with van der Waals surface area (Å²) in [5, 5.41) is 3.27. The van der Waals surface area contributed by atoms with E-state index in [9.17, 15) is 13.2 Å². The number of hydrogen-bond donors (Lipinski definition) is 1. The molecule has 0 aromatic heterocycles. The van der Waals surface area contributed by atoms with Gasteiger partial charge in [0.15, 0.2) is 0 Å². The van der Waals surface area contributed by atoms with Gasteiger partial charge in [-0.1, -0.05) is 18.5 Å². The van der Waals surface area contributed by atoms with Gasteiger partial charge in [0.1, 0.15) is 0 Å². The smallest absolute Gasteiger partial charge is 0.243 e. The van der Waals surface area contributed by atoms with Crippen LogP contribution >= 0.6 is 11.6 Å². The van der Waals surface area contributed by atoms with E-state index in [-0.39, 0.29) is 17.3 Å². The SMILES string of the molecule is C[C@H]1CCCN(CCCNC(=O)CN(C)S(=O)(=O)c2ccc(Cl)cc2)C1. The van der Waals surface area contributed by atoms with Gasteiger partial charge in [-0.2, -0.15) is 4.31 Å². The summed E-state index contributed by atoms with van der Waals surface area (Å²) < 4.78 is 25.9. The fraction of sp³-hybridized carbons (Fsp3) is 0.611. The van der Waals surface area contributed by atoms with Crippen LogP contribution in [0.25, 0.3) is 0 Å². The van der Waals surface area contributed by atoms with Crippen LogP contribution in [0.3, 0.4) is 0 Å². The van der Waals surface area contributed by atoms with Gasteiger partial charge in [-0.25, -0.2) is 8.42 Å². The quantitative estimate of drug-likeness (QED) is 0.678. The second-order valence-corrected chi connectivity index (χ2v) is 9.45. The van der Waals surface area contributed by atoms with Gasteiger partial charge in [-0.15, -0.1) is 0 Å². The number of rotatable bonds is 8. The summed E-state index contributed by atoms with van der Waals surface area (Å²) in [5.41, 5.74) is 0. The summed E-state index contributed by atoms with van der Waals surface area (Å²) >= 11 is 5.78. The highest BCUT2D eigenvalue weighted by Gasteiger charge is 2.22. The van der Waals surface area contributed by atoms with Crippen molar-refractivity contribution in [2.75, 3.05) is 39.8 Å². The lowest BCUT2D eigenvalue weighted by atomic mass is 10.0. The molecule has 1 heterocycles. The minimum absolute atomic E-state index is 0.122. The molecule has 1 aromatic carbocycles. The van der Waals surface area contributed by atoms with Gasteiger partial charge in [0.2, 0.25) is 15.9 Å². The Morgan fingerprint density at radius 3 is 2.69 bits per heavy atom. The fourth-order valence-corrected chi connectivity index (χ4v) is 4.40. The first-order chi connectivity index (χ1) is 12.3. The van der Waals surface area contributed by atoms with E-state index >= 15 is 0 Å². The molecular weight excluding hydrogens is 374 g/mol. The van der Waals surface area contributed by atoms with Crippen molar-refractivity contribution in [1.82, 2.24) is 14.5 Å². The number of nitrogens with one attached hydrogen (secondary N) is 1. The molecule has 2 rings (SSSR count). The first kappa shape index (κ1) is 21.2. The van der Waals surface area contributed by atoms with Crippen LogP contribution in [-0.2, 0) is 14.8 Å². The monoisotopic (exact) mass is 401 g/mol. The summed E-state index contributed by atoms with van der Waals surface area (Å²) in [5.74, 6) is 0.446. The number of amides is 1. The third-order valence-electron chi connectivity index (χ3n) is 4.60. The molecule has 1 N–H and O–H groups in total. The van der Waals surface area contributed by atoms with Crippen LogP contribution in [-0.4, -0.2) is 63.3 Å². The number of sulfonamides is 1. The summed E-state index contributed by atoms with van der Waals surface area (Å²) in [7, 11) is -2.30. The van der Waals surface area contributed by atoms with Crippen molar-refractivity contribution in [2.24, 2.45) is 5.92 Å². The van der Waals surface area contributed by atoms with Gasteiger partial charge in [-0.05, 0) is 62.5 Å². The maximum atomic E-state index is 12.4. The molecule has 1 aliphatic rings. The molecule has 1 atom stereocenters. The van der Waals surface area contributed by atoms with Crippen molar-refractivity contribution in [3.05, 3.63) is 29.3 Å². The lowest BCUT2D eigenvalue weighted by Crippen LogP contribution is -2.40. The second-order valence-electron chi connectivity index (χ2n) is 6.97. The van der Waals surface area contributed by atoms with Gasteiger partial charge in [0.25, 0.3) is 0 Å². The van der Waals surface area contributed by atoms with E-state index in [0.29, 0.717) is 11.6 Å². The average molecular weight is 402 g/mol. The van der Waals surface area contributed by atoms with E-state index in [0.717, 1.165) is 36.3 Å². The molecule has 8 heteroatoms. The largest absolute Gasteiger partial charge is 0.355 e. The number of halogens is 1. The zero-order valence-corrected chi connectivity index (χ0v) is 17.0. The Balaban J connectivity index is 1.73. The first-order valence-corrected chi connectivity index (χ1v) is 10.8. The normalized spacial score (nSPS) is 18.8. The zero-order chi connectivity index (χ0) is 19.2. The maximum absolute atomic E-state index is 12.4. The number of hydrogen-bond acceptors (Lipinski definition) is 4. The highest BCUT2D eigenvalue weighted by atomic mass is 35.5. The number of piperidine rings is 1. The van der Waals surface area contributed by atoms with E-state index in [1.165, 1.54) is 44.2 Å². The molecule has 0 spiro atoms. The topological polar surface area (TPSA) is 69.7 Å². The molecule has 1 fully saturated rings. The third-order valence-corrected chi connectivity index (χ3v) is 6.67. The summed E-state index contributed by atoms with van der Waals surface area (Å²) in [6.45, 7) is 5.83. The van der Waals surface area contributed by atoms with Crippen LogP contribution in [0.1, 0.15) is 26.2 Å². The summed E-state index contributed by atoms with van der Waals surface area (Å²) in [4.78, 5) is 14.6. The number of nitrogens with zero attached hydrogens (tertiary/aromatic N) is 2. The third kappa shape index (κ3) is 6.23. The van der Waals surface area contributed by atoms with E-state index in [1.807, 2.05) is 0 Å². The van der Waals surface area contributed by atoms with Crippen LogP contribution in [0.15, 0.2) is 29.2 Å². The van der Waals surface area contributed by atoms with Gasteiger partial charge < -0.3 is 10.2 Å². The van der Waals surface area contributed by atoms with Crippen LogP contribution in [0.2, 0.25) is 5.02 Å². The lowest BCUT2D eigenvalue weighted by Gasteiger charge is -2.30. The molecular formula is C18H28ClN3O3S. The van der Waals surface area contributed by atoms with E-state index in [1.54, 1.807) is 0 Å². The molecule has 0 aliphatic carbocycles. The standard InChI is InChI=1S/C18H28ClN3O3S/c1-15-5-3-11-22(13-15)12-4-10-20-18(23)14-21(2)26(24,25)17-8-6-16(19)7-9-17/h6-9,15H,3-5,10-14H2,1-2H3,(H,20,23)/t15-/m0/s1. The van der Waals surface area contributed by atoms with Crippen molar-refractivity contribution >= 4 is 27.5 Å². The fourth-order valence-electron chi connectivity index (χ4n) is 3.15. The predicted molar refractivity (Wildman–Crippen MR) is 104 cm³/mol. The van der Waals surface area contributed by atoms with Crippen LogP contribution in [0.5, 0.6) is 0 Å². The molecule has 26 heavy (non-hydrogen) atoms. The van der Waals surface area contributed by atoms with Crippen LogP contribution < -0.4 is 5.32 Å². The Morgan fingerprint density at radius 1 is 1.35 bits per heavy atom. The number of likely N-dealkylation sites (N-methyl/N-ethyl adjacent to an activating group) is 1. The molecule has 0 bridgehead atoms. The average Bonchev–Trinajstić information content (AvgIpc) is 2.59.